The fraction of sp³-hybridized carbons (Fsp3) is 1.00. The molecule has 0 fully saturated rings. The van der Waals surface area contributed by atoms with Crippen molar-refractivity contribution in [1.29, 1.82) is 0 Å². The Balaban J connectivity index is 0. The molecule has 0 saturated heterocycles. The lowest BCUT2D eigenvalue weighted by molar-refractivity contribution is 0.00304. The lowest BCUT2D eigenvalue weighted by Gasteiger charge is -2.24. The van der Waals surface area contributed by atoms with Crippen molar-refractivity contribution < 1.29 is 20.1 Å². The third-order valence-electron chi connectivity index (χ3n) is 3.54. The zero-order chi connectivity index (χ0) is 15.7. The molecular weight excluding hydrogens is 256 g/mol. The van der Waals surface area contributed by atoms with Gasteiger partial charge in [0.25, 0.3) is 0 Å². The summed E-state index contributed by atoms with van der Waals surface area (Å²) in [6, 6.07) is 0. The van der Waals surface area contributed by atoms with Gasteiger partial charge < -0.3 is 20.1 Å². The Bertz CT molecular complexity index is 144. The van der Waals surface area contributed by atoms with Gasteiger partial charge in [-0.25, -0.2) is 0 Å². The molecule has 0 heterocycles. The van der Waals surface area contributed by atoms with Gasteiger partial charge in [0, 0.05) is 18.6 Å². The van der Waals surface area contributed by atoms with Gasteiger partial charge in [-0.05, 0) is 19.3 Å². The standard InChI is InChI=1S/C10H22O.C6H14O3/c1-3-5-7-9-11-10-8-6-4-2;1-2-6(3-7,4-8)5-9/h3-10H2,1-2H3;7-9H,2-5H2,1H3. The third-order valence-corrected chi connectivity index (χ3v) is 3.54. The summed E-state index contributed by atoms with van der Waals surface area (Å²) in [5.41, 5.74) is -0.667. The SMILES string of the molecule is CCC(CO)(CO)CO.CCCCCOCCCCC. The maximum atomic E-state index is 8.66. The van der Waals surface area contributed by atoms with Crippen molar-refractivity contribution in [3.05, 3.63) is 0 Å². The average Bonchev–Trinajstić information content (AvgIpc) is 2.50. The highest BCUT2D eigenvalue weighted by Gasteiger charge is 2.24. The molecule has 0 aromatic heterocycles. The molecule has 4 heteroatoms. The molecule has 0 spiro atoms. The van der Waals surface area contributed by atoms with Gasteiger partial charge in [-0.15, -0.1) is 0 Å². The quantitative estimate of drug-likeness (QED) is 0.484. The summed E-state index contributed by atoms with van der Waals surface area (Å²) < 4.78 is 5.44. The first-order chi connectivity index (χ1) is 9.66. The van der Waals surface area contributed by atoms with Gasteiger partial charge >= 0.3 is 0 Å². The van der Waals surface area contributed by atoms with Crippen LogP contribution in [0.5, 0.6) is 0 Å². The lowest BCUT2D eigenvalue weighted by Crippen LogP contribution is -2.32. The van der Waals surface area contributed by atoms with Crippen LogP contribution in [0.4, 0.5) is 0 Å². The largest absolute Gasteiger partial charge is 0.396 e. The molecule has 124 valence electrons. The van der Waals surface area contributed by atoms with E-state index in [9.17, 15) is 0 Å². The molecule has 20 heavy (non-hydrogen) atoms. The Morgan fingerprint density at radius 1 is 0.700 bits per heavy atom. The molecular formula is C16H36O4. The maximum absolute atomic E-state index is 8.66. The highest BCUT2D eigenvalue weighted by atomic mass is 16.5. The Kier molecular flexibility index (Phi) is 18.7. The van der Waals surface area contributed by atoms with Crippen LogP contribution in [-0.2, 0) is 4.74 Å². The van der Waals surface area contributed by atoms with Crippen LogP contribution in [-0.4, -0.2) is 48.4 Å². The minimum atomic E-state index is -0.667. The molecule has 0 aliphatic carbocycles. The molecule has 0 aromatic carbocycles. The summed E-state index contributed by atoms with van der Waals surface area (Å²) in [4.78, 5) is 0. The Hall–Kier alpha value is -0.160. The number of aliphatic hydroxyl groups excluding tert-OH is 3. The topological polar surface area (TPSA) is 69.9 Å². The Morgan fingerprint density at radius 3 is 1.30 bits per heavy atom. The molecule has 3 N–H and O–H groups in total. The number of rotatable bonds is 12. The predicted octanol–water partition coefficient (Wildman–Crippen LogP) is 2.74. The molecule has 0 atom stereocenters. The van der Waals surface area contributed by atoms with Crippen molar-refractivity contribution in [2.75, 3.05) is 33.0 Å². The van der Waals surface area contributed by atoms with Crippen molar-refractivity contribution in [1.82, 2.24) is 0 Å². The van der Waals surface area contributed by atoms with Crippen molar-refractivity contribution in [2.45, 2.75) is 65.7 Å². The fourth-order valence-corrected chi connectivity index (χ4v) is 1.50. The second-order valence-corrected chi connectivity index (χ2v) is 5.35. The second-order valence-electron chi connectivity index (χ2n) is 5.35. The van der Waals surface area contributed by atoms with Crippen LogP contribution in [0.15, 0.2) is 0 Å². The van der Waals surface area contributed by atoms with Crippen LogP contribution in [0.25, 0.3) is 0 Å². The van der Waals surface area contributed by atoms with Crippen LogP contribution >= 0.6 is 0 Å². The van der Waals surface area contributed by atoms with Gasteiger partial charge in [0.15, 0.2) is 0 Å². The predicted molar refractivity (Wildman–Crippen MR) is 83.9 cm³/mol. The number of ether oxygens (including phenoxy) is 1. The highest BCUT2D eigenvalue weighted by molar-refractivity contribution is 4.74. The van der Waals surface area contributed by atoms with Gasteiger partial charge in [-0.1, -0.05) is 46.5 Å². The molecule has 0 aromatic rings. The van der Waals surface area contributed by atoms with E-state index in [4.69, 9.17) is 20.1 Å². The third kappa shape index (κ3) is 12.9. The second kappa shape index (κ2) is 16.9. The normalized spacial score (nSPS) is 11.1. The Labute approximate surface area is 125 Å². The summed E-state index contributed by atoms with van der Waals surface area (Å²) in [6.07, 6.45) is 8.28. The first-order valence-electron chi connectivity index (χ1n) is 8.06. The smallest absolute Gasteiger partial charge is 0.0531 e. The minimum absolute atomic E-state index is 0.156. The molecule has 0 aliphatic heterocycles. The molecule has 0 saturated carbocycles. The van der Waals surface area contributed by atoms with Crippen molar-refractivity contribution in [2.24, 2.45) is 5.41 Å². The fourth-order valence-electron chi connectivity index (χ4n) is 1.50. The molecule has 0 bridgehead atoms. The van der Waals surface area contributed by atoms with E-state index < -0.39 is 5.41 Å². The van der Waals surface area contributed by atoms with E-state index in [1.807, 2.05) is 6.92 Å². The van der Waals surface area contributed by atoms with Crippen molar-refractivity contribution in [3.8, 4) is 0 Å². The summed E-state index contributed by atoms with van der Waals surface area (Å²) in [7, 11) is 0. The monoisotopic (exact) mass is 292 g/mol. The van der Waals surface area contributed by atoms with Gasteiger partial charge in [-0.3, -0.25) is 0 Å². The first kappa shape index (κ1) is 22.1. The van der Waals surface area contributed by atoms with Gasteiger partial charge in [-0.2, -0.15) is 0 Å². The number of hydrogen-bond acceptors (Lipinski definition) is 4. The van der Waals surface area contributed by atoms with E-state index in [0.717, 1.165) is 13.2 Å². The van der Waals surface area contributed by atoms with Crippen LogP contribution in [0.3, 0.4) is 0 Å². The number of aliphatic hydroxyl groups is 3. The van der Waals surface area contributed by atoms with E-state index in [-0.39, 0.29) is 19.8 Å². The van der Waals surface area contributed by atoms with Gasteiger partial charge in [0.05, 0.1) is 19.8 Å². The van der Waals surface area contributed by atoms with E-state index in [2.05, 4.69) is 13.8 Å². The summed E-state index contributed by atoms with van der Waals surface area (Å²) >= 11 is 0. The minimum Gasteiger partial charge on any atom is -0.396 e. The van der Waals surface area contributed by atoms with Gasteiger partial charge in [0.2, 0.25) is 0 Å². The molecule has 4 nitrogen and oxygen atoms in total. The molecule has 0 unspecified atom stereocenters. The molecule has 0 radical (unpaired) electrons. The first-order valence-corrected chi connectivity index (χ1v) is 8.06. The van der Waals surface area contributed by atoms with E-state index in [1.54, 1.807) is 0 Å². The lowest BCUT2D eigenvalue weighted by atomic mass is 9.88. The van der Waals surface area contributed by atoms with Crippen LogP contribution in [0, 0.1) is 5.41 Å². The van der Waals surface area contributed by atoms with E-state index in [1.165, 1.54) is 38.5 Å². The van der Waals surface area contributed by atoms with Crippen molar-refractivity contribution in [3.63, 3.8) is 0 Å². The van der Waals surface area contributed by atoms with Crippen LogP contribution in [0.1, 0.15) is 65.7 Å². The molecule has 0 amide bonds. The zero-order valence-electron chi connectivity index (χ0n) is 13.7. The molecule has 0 aliphatic rings. The van der Waals surface area contributed by atoms with E-state index >= 15 is 0 Å². The highest BCUT2D eigenvalue weighted by Crippen LogP contribution is 2.18. The van der Waals surface area contributed by atoms with Gasteiger partial charge in [0.1, 0.15) is 0 Å². The van der Waals surface area contributed by atoms with Crippen LogP contribution < -0.4 is 0 Å². The van der Waals surface area contributed by atoms with E-state index in [0.29, 0.717) is 6.42 Å². The maximum Gasteiger partial charge on any atom is 0.0531 e. The zero-order valence-corrected chi connectivity index (χ0v) is 13.7. The summed E-state index contributed by atoms with van der Waals surface area (Å²) in [5, 5.41) is 26.0. The summed E-state index contributed by atoms with van der Waals surface area (Å²) in [6.45, 7) is 7.73. The Morgan fingerprint density at radius 2 is 1.10 bits per heavy atom. The van der Waals surface area contributed by atoms with Crippen LogP contribution in [0.2, 0.25) is 0 Å². The number of hydrogen-bond donors (Lipinski definition) is 3. The van der Waals surface area contributed by atoms with Crippen molar-refractivity contribution >= 4 is 0 Å². The molecule has 0 rings (SSSR count). The number of unbranched alkanes of at least 4 members (excludes halogenated alkanes) is 4. The average molecular weight is 292 g/mol. The summed E-state index contributed by atoms with van der Waals surface area (Å²) in [5.74, 6) is 0.